The normalized spacial score (nSPS) is 12.4. The van der Waals surface area contributed by atoms with Gasteiger partial charge in [0, 0.05) is 36.2 Å². The summed E-state index contributed by atoms with van der Waals surface area (Å²) in [5.41, 5.74) is 3.55. The molecular formula is C18H17N3O3. The summed E-state index contributed by atoms with van der Waals surface area (Å²) < 4.78 is 14.2. The average molecular weight is 323 g/mol. The molecule has 6 heteroatoms. The van der Waals surface area contributed by atoms with Crippen LogP contribution in [0.15, 0.2) is 53.3 Å². The second-order valence-corrected chi connectivity index (χ2v) is 5.70. The Kier molecular flexibility index (Phi) is 3.30. The van der Waals surface area contributed by atoms with Gasteiger partial charge in [-0.3, -0.25) is 9.48 Å². The third-order valence-electron chi connectivity index (χ3n) is 4.12. The summed E-state index contributed by atoms with van der Waals surface area (Å²) >= 11 is 0. The zero-order chi connectivity index (χ0) is 16.7. The van der Waals surface area contributed by atoms with Crippen molar-refractivity contribution >= 4 is 11.4 Å². The van der Waals surface area contributed by atoms with Crippen LogP contribution in [0.4, 0.5) is 11.4 Å². The molecule has 1 aliphatic rings. The zero-order valence-corrected chi connectivity index (χ0v) is 13.4. The van der Waals surface area contributed by atoms with Gasteiger partial charge < -0.3 is 14.8 Å². The first-order valence-corrected chi connectivity index (χ1v) is 7.64. The fraction of sp³-hybridized carbons (Fsp3) is 0.167. The number of benzene rings is 2. The number of anilines is 2. The lowest BCUT2D eigenvalue weighted by Crippen LogP contribution is -2.19. The van der Waals surface area contributed by atoms with Gasteiger partial charge in [0.2, 0.25) is 6.79 Å². The highest BCUT2D eigenvalue weighted by Gasteiger charge is 2.13. The highest BCUT2D eigenvalue weighted by molar-refractivity contribution is 5.64. The number of fused-ring (bicyclic) bond motifs is 1. The van der Waals surface area contributed by atoms with E-state index in [1.165, 1.54) is 0 Å². The summed E-state index contributed by atoms with van der Waals surface area (Å²) in [6.07, 6.45) is 0. The van der Waals surface area contributed by atoms with Gasteiger partial charge in [-0.25, -0.2) is 4.68 Å². The lowest BCUT2D eigenvalue weighted by molar-refractivity contribution is 0.174. The van der Waals surface area contributed by atoms with E-state index in [0.29, 0.717) is 0 Å². The Morgan fingerprint density at radius 3 is 2.38 bits per heavy atom. The molecule has 0 fully saturated rings. The molecule has 1 aromatic heterocycles. The van der Waals surface area contributed by atoms with E-state index in [2.05, 4.69) is 5.32 Å². The van der Waals surface area contributed by atoms with E-state index >= 15 is 0 Å². The van der Waals surface area contributed by atoms with Crippen LogP contribution in [-0.4, -0.2) is 16.2 Å². The number of rotatable bonds is 3. The molecule has 1 aliphatic heterocycles. The van der Waals surface area contributed by atoms with E-state index in [9.17, 15) is 4.79 Å². The van der Waals surface area contributed by atoms with Crippen LogP contribution in [0.1, 0.15) is 5.69 Å². The molecule has 6 nitrogen and oxygen atoms in total. The molecule has 0 aliphatic carbocycles. The van der Waals surface area contributed by atoms with Gasteiger partial charge in [0.15, 0.2) is 11.5 Å². The number of hydrogen-bond acceptors (Lipinski definition) is 4. The van der Waals surface area contributed by atoms with Crippen LogP contribution in [0.2, 0.25) is 0 Å². The second-order valence-electron chi connectivity index (χ2n) is 5.70. The van der Waals surface area contributed by atoms with Gasteiger partial charge in [-0.15, -0.1) is 0 Å². The standard InChI is InChI=1S/C18H17N3O3/c1-12-9-18(22)21(20(12)2)15-6-3-13(4-7-15)19-14-5-8-16-17(10-14)24-11-23-16/h3-10,19H,11H2,1-2H3. The van der Waals surface area contributed by atoms with Crippen molar-refractivity contribution in [2.24, 2.45) is 7.05 Å². The predicted molar refractivity (Wildman–Crippen MR) is 91.6 cm³/mol. The number of aryl methyl sites for hydroxylation is 1. The Labute approximate surface area is 138 Å². The van der Waals surface area contributed by atoms with Crippen LogP contribution in [0.5, 0.6) is 11.5 Å². The molecule has 122 valence electrons. The molecule has 0 radical (unpaired) electrons. The Morgan fingerprint density at radius 2 is 1.67 bits per heavy atom. The Balaban J connectivity index is 1.59. The van der Waals surface area contributed by atoms with Gasteiger partial charge in [-0.05, 0) is 43.3 Å². The summed E-state index contributed by atoms with van der Waals surface area (Å²) in [7, 11) is 1.87. The van der Waals surface area contributed by atoms with Gasteiger partial charge in [0.1, 0.15) is 0 Å². The van der Waals surface area contributed by atoms with E-state index in [1.54, 1.807) is 10.7 Å². The molecule has 0 saturated heterocycles. The summed E-state index contributed by atoms with van der Waals surface area (Å²) in [6.45, 7) is 2.17. The van der Waals surface area contributed by atoms with Gasteiger partial charge in [-0.2, -0.15) is 0 Å². The maximum atomic E-state index is 12.0. The van der Waals surface area contributed by atoms with Crippen molar-refractivity contribution in [2.45, 2.75) is 6.92 Å². The van der Waals surface area contributed by atoms with Crippen LogP contribution in [0, 0.1) is 6.92 Å². The highest BCUT2D eigenvalue weighted by Crippen LogP contribution is 2.35. The number of nitrogens with one attached hydrogen (secondary N) is 1. The maximum Gasteiger partial charge on any atom is 0.271 e. The minimum Gasteiger partial charge on any atom is -0.454 e. The maximum absolute atomic E-state index is 12.0. The van der Waals surface area contributed by atoms with Crippen molar-refractivity contribution in [1.29, 1.82) is 0 Å². The first-order chi connectivity index (χ1) is 11.6. The van der Waals surface area contributed by atoms with E-state index in [0.717, 1.165) is 34.3 Å². The van der Waals surface area contributed by atoms with E-state index in [1.807, 2.05) is 61.1 Å². The molecule has 0 unspecified atom stereocenters. The van der Waals surface area contributed by atoms with Crippen molar-refractivity contribution in [3.05, 3.63) is 64.6 Å². The summed E-state index contributed by atoms with van der Waals surface area (Å²) in [6, 6.07) is 15.0. The van der Waals surface area contributed by atoms with Crippen molar-refractivity contribution in [2.75, 3.05) is 12.1 Å². The second kappa shape index (κ2) is 5.49. The topological polar surface area (TPSA) is 57.4 Å². The molecule has 2 heterocycles. The molecule has 4 rings (SSSR count). The first-order valence-electron chi connectivity index (χ1n) is 7.64. The Hall–Kier alpha value is -3.15. The lowest BCUT2D eigenvalue weighted by Gasteiger charge is -2.11. The lowest BCUT2D eigenvalue weighted by atomic mass is 10.2. The zero-order valence-electron chi connectivity index (χ0n) is 13.4. The molecule has 0 spiro atoms. The summed E-state index contributed by atoms with van der Waals surface area (Å²) in [5, 5.41) is 3.32. The number of aromatic nitrogens is 2. The fourth-order valence-electron chi connectivity index (χ4n) is 2.77. The van der Waals surface area contributed by atoms with E-state index in [-0.39, 0.29) is 12.4 Å². The van der Waals surface area contributed by atoms with Crippen LogP contribution in [0.3, 0.4) is 0 Å². The van der Waals surface area contributed by atoms with Crippen molar-refractivity contribution in [1.82, 2.24) is 9.36 Å². The fourth-order valence-corrected chi connectivity index (χ4v) is 2.77. The summed E-state index contributed by atoms with van der Waals surface area (Å²) in [4.78, 5) is 12.0. The largest absolute Gasteiger partial charge is 0.454 e. The SMILES string of the molecule is Cc1cc(=O)n(-c2ccc(Nc3ccc4c(c3)OCO4)cc2)n1C. The summed E-state index contributed by atoms with van der Waals surface area (Å²) in [5.74, 6) is 1.50. The third-order valence-corrected chi connectivity index (χ3v) is 4.12. The Morgan fingerprint density at radius 1 is 0.958 bits per heavy atom. The molecule has 0 bridgehead atoms. The third kappa shape index (κ3) is 2.42. The molecule has 0 amide bonds. The van der Waals surface area contributed by atoms with Gasteiger partial charge in [0.25, 0.3) is 5.56 Å². The smallest absolute Gasteiger partial charge is 0.271 e. The number of nitrogens with zero attached hydrogens (tertiary/aromatic N) is 2. The minimum absolute atomic E-state index is 0.0357. The average Bonchev–Trinajstić information content (AvgIpc) is 3.13. The predicted octanol–water partition coefficient (Wildman–Crippen LogP) is 2.96. The Bertz CT molecular complexity index is 955. The van der Waals surface area contributed by atoms with Crippen LogP contribution in [-0.2, 0) is 7.05 Å². The number of ether oxygens (including phenoxy) is 2. The molecule has 24 heavy (non-hydrogen) atoms. The quantitative estimate of drug-likeness (QED) is 0.805. The number of hydrogen-bond donors (Lipinski definition) is 1. The monoisotopic (exact) mass is 323 g/mol. The van der Waals surface area contributed by atoms with Crippen molar-refractivity contribution < 1.29 is 9.47 Å². The molecule has 1 N–H and O–H groups in total. The van der Waals surface area contributed by atoms with E-state index < -0.39 is 0 Å². The highest BCUT2D eigenvalue weighted by atomic mass is 16.7. The van der Waals surface area contributed by atoms with Gasteiger partial charge in [-0.1, -0.05) is 0 Å². The van der Waals surface area contributed by atoms with E-state index in [4.69, 9.17) is 9.47 Å². The van der Waals surface area contributed by atoms with Gasteiger partial charge >= 0.3 is 0 Å². The van der Waals surface area contributed by atoms with Crippen molar-refractivity contribution in [3.8, 4) is 17.2 Å². The van der Waals surface area contributed by atoms with Crippen LogP contribution in [0.25, 0.3) is 5.69 Å². The molecule has 0 atom stereocenters. The minimum atomic E-state index is -0.0357. The van der Waals surface area contributed by atoms with Crippen LogP contribution >= 0.6 is 0 Å². The van der Waals surface area contributed by atoms with Crippen LogP contribution < -0.4 is 20.3 Å². The molecule has 3 aromatic rings. The first kappa shape index (κ1) is 14.4. The van der Waals surface area contributed by atoms with Crippen molar-refractivity contribution in [3.63, 3.8) is 0 Å². The van der Waals surface area contributed by atoms with Gasteiger partial charge in [0.05, 0.1) is 5.69 Å². The molecule has 0 saturated carbocycles. The molecule has 2 aromatic carbocycles. The molecular weight excluding hydrogens is 306 g/mol.